The van der Waals surface area contributed by atoms with Gasteiger partial charge in [0, 0.05) is 31.8 Å². The lowest BCUT2D eigenvalue weighted by Crippen LogP contribution is -2.58. The average molecular weight is 399 g/mol. The van der Waals surface area contributed by atoms with Gasteiger partial charge in [-0.05, 0) is 66.8 Å². The fourth-order valence-electron chi connectivity index (χ4n) is 7.07. The van der Waals surface area contributed by atoms with Crippen molar-refractivity contribution in [1.82, 2.24) is 10.2 Å². The summed E-state index contributed by atoms with van der Waals surface area (Å²) in [5, 5.41) is 14.3. The van der Waals surface area contributed by atoms with Crippen molar-refractivity contribution in [3.8, 4) is 0 Å². The van der Waals surface area contributed by atoms with Crippen LogP contribution in [0.3, 0.4) is 0 Å². The highest BCUT2D eigenvalue weighted by molar-refractivity contribution is 5.74. The number of carbonyl (C=O) groups excluding carboxylic acids is 1. The molecule has 2 unspecified atom stereocenters. The van der Waals surface area contributed by atoms with Crippen LogP contribution < -0.4 is 5.32 Å². The van der Waals surface area contributed by atoms with Crippen molar-refractivity contribution >= 4 is 11.7 Å². The molecule has 2 amide bonds. The highest BCUT2D eigenvalue weighted by Gasteiger charge is 2.58. The molecule has 4 bridgehead atoms. The molecule has 156 valence electrons. The van der Waals surface area contributed by atoms with Crippen LogP contribution in [-0.4, -0.2) is 48.7 Å². The number of rotatable bonds is 4. The van der Waals surface area contributed by atoms with Crippen LogP contribution in [0.25, 0.3) is 0 Å². The summed E-state index contributed by atoms with van der Waals surface area (Å²) in [5.74, 6) is 1.40. The van der Waals surface area contributed by atoms with Crippen LogP contribution in [0.4, 0.5) is 10.5 Å². The van der Waals surface area contributed by atoms with Crippen LogP contribution in [0.5, 0.6) is 0 Å². The summed E-state index contributed by atoms with van der Waals surface area (Å²) in [6, 6.07) is 7.30. The van der Waals surface area contributed by atoms with Gasteiger partial charge in [-0.15, -0.1) is 0 Å². The molecule has 5 aliphatic rings. The van der Waals surface area contributed by atoms with E-state index in [1.807, 2.05) is 17.0 Å². The summed E-state index contributed by atoms with van der Waals surface area (Å²) >= 11 is 0. The quantitative estimate of drug-likeness (QED) is 0.621. The Morgan fingerprint density at radius 3 is 2.41 bits per heavy atom. The molecular formula is C22H29N3O4. The van der Waals surface area contributed by atoms with Gasteiger partial charge in [0.05, 0.1) is 18.1 Å². The summed E-state index contributed by atoms with van der Waals surface area (Å²) in [6.45, 7) is 3.30. The number of hydrogen-bond donors (Lipinski definition) is 1. The van der Waals surface area contributed by atoms with E-state index in [1.54, 1.807) is 12.1 Å². The number of nitro benzene ring substituents is 1. The lowest BCUT2D eigenvalue weighted by atomic mass is 9.43. The molecule has 1 saturated heterocycles. The standard InChI is InChI=1S/C22H29N3O4/c26-20(24-5-7-29-8-6-24)23-15-21-10-16-9-17(11-21)13-22(12-16,14-21)18-1-3-19(4-2-18)25(27)28/h1-4,16-17H,5-15H2,(H,23,26)/t16-,17+,21?,22?. The Balaban J connectivity index is 1.34. The second kappa shape index (κ2) is 6.97. The minimum atomic E-state index is -0.327. The number of non-ortho nitro benzene ring substituents is 1. The summed E-state index contributed by atoms with van der Waals surface area (Å²) in [4.78, 5) is 25.2. The number of urea groups is 1. The molecule has 1 N–H and O–H groups in total. The third kappa shape index (κ3) is 3.39. The summed E-state index contributed by atoms with van der Waals surface area (Å²) in [7, 11) is 0. The van der Waals surface area contributed by atoms with Gasteiger partial charge in [0.15, 0.2) is 0 Å². The first-order valence-corrected chi connectivity index (χ1v) is 10.8. The number of morpholine rings is 1. The fourth-order valence-corrected chi connectivity index (χ4v) is 7.07. The Morgan fingerprint density at radius 1 is 1.14 bits per heavy atom. The Bertz CT molecular complexity index is 789. The van der Waals surface area contributed by atoms with E-state index >= 15 is 0 Å². The average Bonchev–Trinajstić information content (AvgIpc) is 2.72. The van der Waals surface area contributed by atoms with Gasteiger partial charge in [0.25, 0.3) is 5.69 Å². The van der Waals surface area contributed by atoms with Gasteiger partial charge in [0.2, 0.25) is 0 Å². The van der Waals surface area contributed by atoms with Crippen molar-refractivity contribution in [3.63, 3.8) is 0 Å². The van der Waals surface area contributed by atoms with E-state index in [0.29, 0.717) is 38.1 Å². The number of carbonyl (C=O) groups is 1. The zero-order chi connectivity index (χ0) is 20.1. The Labute approximate surface area is 170 Å². The van der Waals surface area contributed by atoms with Crippen molar-refractivity contribution in [2.24, 2.45) is 17.3 Å². The summed E-state index contributed by atoms with van der Waals surface area (Å²) in [5.41, 5.74) is 1.68. The van der Waals surface area contributed by atoms with Gasteiger partial charge in [0.1, 0.15) is 0 Å². The number of hydrogen-bond acceptors (Lipinski definition) is 4. The Kier molecular flexibility index (Phi) is 4.53. The van der Waals surface area contributed by atoms with Crippen molar-refractivity contribution in [3.05, 3.63) is 39.9 Å². The molecule has 29 heavy (non-hydrogen) atoms. The molecule has 1 aromatic rings. The van der Waals surface area contributed by atoms with Crippen LogP contribution in [0.1, 0.15) is 44.1 Å². The SMILES string of the molecule is O=C(NCC12C[C@H]3C[C@@H](C1)CC(c1ccc([N+](=O)[O-])cc1)(C3)C2)N1CCOCC1. The highest BCUT2D eigenvalue weighted by Crippen LogP contribution is 2.65. The van der Waals surface area contributed by atoms with Crippen LogP contribution in [0.2, 0.25) is 0 Å². The molecule has 0 radical (unpaired) electrons. The van der Waals surface area contributed by atoms with Crippen LogP contribution in [0.15, 0.2) is 24.3 Å². The first-order chi connectivity index (χ1) is 14.0. The Hall–Kier alpha value is -2.15. The van der Waals surface area contributed by atoms with Gasteiger partial charge in [-0.1, -0.05) is 12.1 Å². The van der Waals surface area contributed by atoms with Crippen LogP contribution in [-0.2, 0) is 10.2 Å². The highest BCUT2D eigenvalue weighted by atomic mass is 16.6. The predicted molar refractivity (Wildman–Crippen MR) is 108 cm³/mol. The van der Waals surface area contributed by atoms with Crippen molar-refractivity contribution in [1.29, 1.82) is 0 Å². The second-order valence-corrected chi connectivity index (χ2v) is 9.80. The number of amides is 2. The number of nitrogens with zero attached hydrogens (tertiary/aromatic N) is 2. The van der Waals surface area contributed by atoms with E-state index in [9.17, 15) is 14.9 Å². The van der Waals surface area contributed by atoms with E-state index in [4.69, 9.17) is 4.74 Å². The van der Waals surface area contributed by atoms with E-state index in [-0.39, 0.29) is 27.5 Å². The second-order valence-electron chi connectivity index (χ2n) is 9.80. The molecule has 1 aromatic carbocycles. The molecule has 4 aliphatic carbocycles. The smallest absolute Gasteiger partial charge is 0.317 e. The molecular weight excluding hydrogens is 370 g/mol. The number of nitro groups is 1. The maximum atomic E-state index is 12.6. The van der Waals surface area contributed by atoms with Gasteiger partial charge in [-0.3, -0.25) is 10.1 Å². The molecule has 4 saturated carbocycles. The van der Waals surface area contributed by atoms with E-state index in [0.717, 1.165) is 13.0 Å². The molecule has 5 fully saturated rings. The zero-order valence-corrected chi connectivity index (χ0v) is 16.8. The van der Waals surface area contributed by atoms with Gasteiger partial charge < -0.3 is 15.0 Å². The maximum absolute atomic E-state index is 12.6. The Morgan fingerprint density at radius 2 is 1.79 bits per heavy atom. The molecule has 6 rings (SSSR count). The molecule has 7 heteroatoms. The van der Waals surface area contributed by atoms with Gasteiger partial charge in [-0.25, -0.2) is 4.79 Å². The minimum absolute atomic E-state index is 0.0356. The number of benzene rings is 1. The summed E-state index contributed by atoms with van der Waals surface area (Å²) < 4.78 is 5.35. The first-order valence-electron chi connectivity index (χ1n) is 10.8. The maximum Gasteiger partial charge on any atom is 0.317 e. The third-order valence-corrected chi connectivity index (χ3v) is 7.79. The number of ether oxygens (including phenoxy) is 1. The zero-order valence-electron chi connectivity index (χ0n) is 16.8. The molecule has 4 atom stereocenters. The molecule has 1 aliphatic heterocycles. The van der Waals surface area contributed by atoms with Gasteiger partial charge in [-0.2, -0.15) is 0 Å². The topological polar surface area (TPSA) is 84.7 Å². The van der Waals surface area contributed by atoms with Crippen molar-refractivity contribution < 1.29 is 14.5 Å². The first kappa shape index (κ1) is 18.9. The fraction of sp³-hybridized carbons (Fsp3) is 0.682. The molecule has 1 heterocycles. The molecule has 7 nitrogen and oxygen atoms in total. The van der Waals surface area contributed by atoms with Crippen LogP contribution >= 0.6 is 0 Å². The lowest BCUT2D eigenvalue weighted by molar-refractivity contribution is -0.384. The molecule has 0 spiro atoms. The third-order valence-electron chi connectivity index (χ3n) is 7.79. The predicted octanol–water partition coefficient (Wildman–Crippen LogP) is 3.47. The van der Waals surface area contributed by atoms with Crippen molar-refractivity contribution in [2.75, 3.05) is 32.8 Å². The monoisotopic (exact) mass is 399 g/mol. The van der Waals surface area contributed by atoms with Gasteiger partial charge >= 0.3 is 6.03 Å². The van der Waals surface area contributed by atoms with E-state index in [1.165, 1.54) is 37.7 Å². The van der Waals surface area contributed by atoms with E-state index < -0.39 is 0 Å². The number of nitrogens with one attached hydrogen (secondary N) is 1. The van der Waals surface area contributed by atoms with E-state index in [2.05, 4.69) is 5.32 Å². The summed E-state index contributed by atoms with van der Waals surface area (Å²) in [6.07, 6.45) is 7.13. The minimum Gasteiger partial charge on any atom is -0.378 e. The lowest BCUT2D eigenvalue weighted by Gasteiger charge is -2.62. The van der Waals surface area contributed by atoms with Crippen LogP contribution in [0, 0.1) is 27.4 Å². The van der Waals surface area contributed by atoms with Crippen molar-refractivity contribution in [2.45, 2.75) is 43.9 Å². The molecule has 0 aromatic heterocycles. The largest absolute Gasteiger partial charge is 0.378 e. The normalized spacial score (nSPS) is 35.5.